The van der Waals surface area contributed by atoms with E-state index in [0.717, 1.165) is 12.8 Å². The van der Waals surface area contributed by atoms with E-state index in [1.54, 1.807) is 12.1 Å². The first-order valence-corrected chi connectivity index (χ1v) is 7.41. The molecule has 1 aromatic rings. The molecule has 0 aliphatic rings. The number of phenols is 1. The minimum absolute atomic E-state index is 0.00106. The van der Waals surface area contributed by atoms with Crippen molar-refractivity contribution in [3.63, 3.8) is 0 Å². The smallest absolute Gasteiger partial charge is 0.436 e. The van der Waals surface area contributed by atoms with Gasteiger partial charge < -0.3 is 20.3 Å². The van der Waals surface area contributed by atoms with Crippen molar-refractivity contribution in [3.8, 4) is 5.75 Å². The van der Waals surface area contributed by atoms with Crippen LogP contribution in [0.2, 0.25) is 0 Å². The van der Waals surface area contributed by atoms with Gasteiger partial charge >= 0.3 is 7.62 Å². The standard InChI is InChI=1S/C15H24BN2O3/c1-3-4-5-6-7-8-15(20)17-12-9-10-14(19)13(11-12)18-16-21-2/h9-11,18-19H,3-8H2,1-2H3,(H,17,20). The van der Waals surface area contributed by atoms with Crippen molar-refractivity contribution in [2.24, 2.45) is 0 Å². The predicted octanol–water partition coefficient (Wildman–Crippen LogP) is 3.28. The second-order valence-corrected chi connectivity index (χ2v) is 4.94. The minimum atomic E-state index is -0.00106. The average Bonchev–Trinajstić information content (AvgIpc) is 2.47. The van der Waals surface area contributed by atoms with Crippen molar-refractivity contribution in [1.82, 2.24) is 0 Å². The molecule has 0 bridgehead atoms. The van der Waals surface area contributed by atoms with Crippen molar-refractivity contribution >= 4 is 24.9 Å². The zero-order chi connectivity index (χ0) is 15.5. The van der Waals surface area contributed by atoms with Crippen molar-refractivity contribution in [2.75, 3.05) is 17.7 Å². The number of phenolic OH excluding ortho intramolecular Hbond substituents is 1. The summed E-state index contributed by atoms with van der Waals surface area (Å²) in [6, 6.07) is 4.87. The molecule has 1 aromatic carbocycles. The summed E-state index contributed by atoms with van der Waals surface area (Å²) in [7, 11) is 2.86. The summed E-state index contributed by atoms with van der Waals surface area (Å²) in [6.45, 7) is 2.17. The first kappa shape index (κ1) is 17.4. The molecule has 1 radical (unpaired) electrons. The van der Waals surface area contributed by atoms with Crippen molar-refractivity contribution in [3.05, 3.63) is 18.2 Å². The van der Waals surface area contributed by atoms with Gasteiger partial charge in [0.25, 0.3) is 0 Å². The third-order valence-corrected chi connectivity index (χ3v) is 3.12. The zero-order valence-corrected chi connectivity index (χ0v) is 12.8. The lowest BCUT2D eigenvalue weighted by atomic mass is 10.1. The van der Waals surface area contributed by atoms with Crippen LogP contribution < -0.4 is 10.5 Å². The highest BCUT2D eigenvalue weighted by atomic mass is 16.4. The highest BCUT2D eigenvalue weighted by Crippen LogP contribution is 2.26. The second kappa shape index (κ2) is 10.1. The normalized spacial score (nSPS) is 10.2. The molecule has 0 spiro atoms. The van der Waals surface area contributed by atoms with Gasteiger partial charge in [0, 0.05) is 19.2 Å². The Bertz CT molecular complexity index is 441. The van der Waals surface area contributed by atoms with E-state index in [1.165, 1.54) is 40.1 Å². The van der Waals surface area contributed by atoms with Crippen LogP contribution in [0.5, 0.6) is 5.75 Å². The van der Waals surface area contributed by atoms with Gasteiger partial charge in [-0.15, -0.1) is 0 Å². The lowest BCUT2D eigenvalue weighted by Gasteiger charge is -2.10. The second-order valence-electron chi connectivity index (χ2n) is 4.94. The van der Waals surface area contributed by atoms with Crippen LogP contribution >= 0.6 is 0 Å². The summed E-state index contributed by atoms with van der Waals surface area (Å²) >= 11 is 0. The summed E-state index contributed by atoms with van der Waals surface area (Å²) in [4.78, 5) is 11.8. The molecule has 115 valence electrons. The molecule has 6 heteroatoms. The summed E-state index contributed by atoms with van der Waals surface area (Å²) in [5.41, 5.74) is 1.14. The largest absolute Gasteiger partial charge is 0.506 e. The molecule has 0 aliphatic heterocycles. The van der Waals surface area contributed by atoms with E-state index in [4.69, 9.17) is 4.65 Å². The molecule has 5 nitrogen and oxygen atoms in total. The minimum Gasteiger partial charge on any atom is -0.506 e. The quantitative estimate of drug-likeness (QED) is 0.268. The number of carbonyl (C=O) groups is 1. The Labute approximate surface area is 127 Å². The Morgan fingerprint density at radius 2 is 2.05 bits per heavy atom. The number of rotatable bonds is 10. The molecular formula is C15H24BN2O3. The number of anilines is 2. The van der Waals surface area contributed by atoms with E-state index in [0.29, 0.717) is 17.8 Å². The third kappa shape index (κ3) is 7.04. The summed E-state index contributed by atoms with van der Waals surface area (Å²) in [5, 5.41) is 15.3. The monoisotopic (exact) mass is 291 g/mol. The summed E-state index contributed by atoms with van der Waals surface area (Å²) in [6.07, 6.45) is 6.14. The molecule has 0 saturated heterocycles. The Kier molecular flexibility index (Phi) is 8.35. The summed E-state index contributed by atoms with van der Waals surface area (Å²) in [5.74, 6) is 0.0970. The van der Waals surface area contributed by atoms with Crippen molar-refractivity contribution in [1.29, 1.82) is 0 Å². The highest BCUT2D eigenvalue weighted by Gasteiger charge is 2.06. The molecule has 0 unspecified atom stereocenters. The first-order chi connectivity index (χ1) is 10.2. The SMILES string of the molecule is CCCCCCCC(=O)Nc1ccc(O)c(N[B]OC)c1. The number of hydrogen-bond donors (Lipinski definition) is 3. The fourth-order valence-corrected chi connectivity index (χ4v) is 1.96. The molecule has 0 saturated carbocycles. The van der Waals surface area contributed by atoms with E-state index in [1.807, 2.05) is 0 Å². The van der Waals surface area contributed by atoms with Gasteiger partial charge in [-0.25, -0.2) is 0 Å². The topological polar surface area (TPSA) is 70.6 Å². The van der Waals surface area contributed by atoms with Crippen molar-refractivity contribution in [2.45, 2.75) is 45.4 Å². The molecule has 0 fully saturated rings. The maximum absolute atomic E-state index is 11.8. The Balaban J connectivity index is 2.41. The highest BCUT2D eigenvalue weighted by molar-refractivity contribution is 6.32. The lowest BCUT2D eigenvalue weighted by molar-refractivity contribution is -0.116. The molecule has 0 atom stereocenters. The Morgan fingerprint density at radius 3 is 2.76 bits per heavy atom. The average molecular weight is 291 g/mol. The van der Waals surface area contributed by atoms with E-state index in [-0.39, 0.29) is 11.7 Å². The number of amides is 1. The van der Waals surface area contributed by atoms with Crippen LogP contribution in [0, 0.1) is 0 Å². The van der Waals surface area contributed by atoms with E-state index in [9.17, 15) is 9.90 Å². The molecule has 3 N–H and O–H groups in total. The van der Waals surface area contributed by atoms with Crippen LogP contribution in [0.15, 0.2) is 18.2 Å². The Morgan fingerprint density at radius 1 is 1.29 bits per heavy atom. The van der Waals surface area contributed by atoms with Crippen molar-refractivity contribution < 1.29 is 14.6 Å². The van der Waals surface area contributed by atoms with Gasteiger partial charge in [-0.2, -0.15) is 0 Å². The zero-order valence-electron chi connectivity index (χ0n) is 12.8. The number of hydrogen-bond acceptors (Lipinski definition) is 4. The maximum atomic E-state index is 11.8. The Hall–Kier alpha value is -1.69. The van der Waals surface area contributed by atoms with Gasteiger partial charge in [-0.3, -0.25) is 4.79 Å². The fourth-order valence-electron chi connectivity index (χ4n) is 1.96. The van der Waals surface area contributed by atoms with Gasteiger partial charge in [0.05, 0.1) is 5.69 Å². The van der Waals surface area contributed by atoms with Gasteiger partial charge in [0.2, 0.25) is 5.91 Å². The van der Waals surface area contributed by atoms with E-state index < -0.39 is 0 Å². The van der Waals surface area contributed by atoms with Gasteiger partial charge in [-0.05, 0) is 24.6 Å². The number of nitrogens with one attached hydrogen (secondary N) is 2. The molecule has 0 aliphatic carbocycles. The molecule has 0 heterocycles. The van der Waals surface area contributed by atoms with Crippen LogP contribution in [-0.4, -0.2) is 25.7 Å². The van der Waals surface area contributed by atoms with E-state index in [2.05, 4.69) is 17.5 Å². The van der Waals surface area contributed by atoms with Crippen LogP contribution in [-0.2, 0) is 9.45 Å². The van der Waals surface area contributed by atoms with Gasteiger partial charge in [-0.1, -0.05) is 32.6 Å². The number of carbonyl (C=O) groups excluding carboxylic acids is 1. The molecule has 0 aromatic heterocycles. The van der Waals surface area contributed by atoms with Crippen LogP contribution in [0.3, 0.4) is 0 Å². The molecule has 1 amide bonds. The fraction of sp³-hybridized carbons (Fsp3) is 0.533. The van der Waals surface area contributed by atoms with Crippen LogP contribution in [0.1, 0.15) is 45.4 Å². The van der Waals surface area contributed by atoms with E-state index >= 15 is 0 Å². The number of aromatic hydroxyl groups is 1. The maximum Gasteiger partial charge on any atom is 0.436 e. The number of benzene rings is 1. The predicted molar refractivity (Wildman–Crippen MR) is 86.5 cm³/mol. The van der Waals surface area contributed by atoms with Gasteiger partial charge in [0.15, 0.2) is 0 Å². The lowest BCUT2D eigenvalue weighted by Crippen LogP contribution is -2.12. The van der Waals surface area contributed by atoms with Crippen LogP contribution in [0.4, 0.5) is 11.4 Å². The van der Waals surface area contributed by atoms with Crippen LogP contribution in [0.25, 0.3) is 0 Å². The molecule has 1 rings (SSSR count). The third-order valence-electron chi connectivity index (χ3n) is 3.12. The number of unbranched alkanes of at least 4 members (excludes halogenated alkanes) is 4. The first-order valence-electron chi connectivity index (χ1n) is 7.41. The van der Waals surface area contributed by atoms with Gasteiger partial charge in [0.1, 0.15) is 5.75 Å². The molecule has 21 heavy (non-hydrogen) atoms. The summed E-state index contributed by atoms with van der Waals surface area (Å²) < 4.78 is 4.77. The molecular weight excluding hydrogens is 267 g/mol.